The molecular formula is C12H22O2. The minimum absolute atomic E-state index is 0.0492. The van der Waals surface area contributed by atoms with Gasteiger partial charge in [0, 0.05) is 0 Å². The second kappa shape index (κ2) is 7.60. The summed E-state index contributed by atoms with van der Waals surface area (Å²) in [5.74, 6) is 0.00157. The van der Waals surface area contributed by atoms with E-state index in [1.807, 2.05) is 20.8 Å². The van der Waals surface area contributed by atoms with Gasteiger partial charge in [-0.1, -0.05) is 25.0 Å². The Morgan fingerprint density at radius 2 is 2.00 bits per heavy atom. The first kappa shape index (κ1) is 13.2. The summed E-state index contributed by atoms with van der Waals surface area (Å²) in [6, 6.07) is 0. The number of allylic oxidation sites excluding steroid dienone is 2. The highest BCUT2D eigenvalue weighted by Crippen LogP contribution is 2.15. The minimum atomic E-state index is -0.0492. The van der Waals surface area contributed by atoms with E-state index in [2.05, 4.69) is 13.0 Å². The van der Waals surface area contributed by atoms with Crippen LogP contribution in [0.4, 0.5) is 0 Å². The van der Waals surface area contributed by atoms with E-state index in [4.69, 9.17) is 4.74 Å². The third-order valence-electron chi connectivity index (χ3n) is 2.07. The average Bonchev–Trinajstić information content (AvgIpc) is 2.12. The molecule has 0 aliphatic rings. The van der Waals surface area contributed by atoms with Crippen molar-refractivity contribution in [3.63, 3.8) is 0 Å². The van der Waals surface area contributed by atoms with Gasteiger partial charge in [0.15, 0.2) is 0 Å². The van der Waals surface area contributed by atoms with Crippen molar-refractivity contribution in [1.82, 2.24) is 0 Å². The van der Waals surface area contributed by atoms with Crippen LogP contribution in [-0.2, 0) is 9.53 Å². The van der Waals surface area contributed by atoms with Gasteiger partial charge < -0.3 is 4.74 Å². The first-order chi connectivity index (χ1) is 6.61. The fourth-order valence-electron chi connectivity index (χ4n) is 1.32. The highest BCUT2D eigenvalue weighted by atomic mass is 16.5. The molecule has 0 rings (SSSR count). The van der Waals surface area contributed by atoms with Crippen LogP contribution in [0.1, 0.15) is 47.0 Å². The molecule has 14 heavy (non-hydrogen) atoms. The van der Waals surface area contributed by atoms with E-state index in [1.54, 1.807) is 0 Å². The normalized spacial score (nSPS) is 12.0. The lowest BCUT2D eigenvalue weighted by molar-refractivity contribution is -0.148. The number of esters is 1. The lowest BCUT2D eigenvalue weighted by Crippen LogP contribution is -2.17. The Labute approximate surface area is 87.3 Å². The van der Waals surface area contributed by atoms with Crippen LogP contribution >= 0.6 is 0 Å². The van der Waals surface area contributed by atoms with Crippen molar-refractivity contribution in [3.8, 4) is 0 Å². The smallest absolute Gasteiger partial charge is 0.309 e. The Morgan fingerprint density at radius 3 is 2.43 bits per heavy atom. The van der Waals surface area contributed by atoms with Gasteiger partial charge in [0.05, 0.1) is 12.5 Å². The zero-order valence-electron chi connectivity index (χ0n) is 9.80. The predicted molar refractivity (Wildman–Crippen MR) is 59.1 cm³/mol. The zero-order chi connectivity index (χ0) is 11.0. The summed E-state index contributed by atoms with van der Waals surface area (Å²) >= 11 is 0. The summed E-state index contributed by atoms with van der Waals surface area (Å²) in [5, 5.41) is 0. The van der Waals surface area contributed by atoms with Crippen LogP contribution in [0.5, 0.6) is 0 Å². The van der Waals surface area contributed by atoms with Gasteiger partial charge in [-0.15, -0.1) is 0 Å². The second-order valence-electron chi connectivity index (χ2n) is 3.75. The van der Waals surface area contributed by atoms with Crippen molar-refractivity contribution in [2.24, 2.45) is 5.92 Å². The van der Waals surface area contributed by atoms with Crippen LogP contribution in [0, 0.1) is 5.92 Å². The van der Waals surface area contributed by atoms with E-state index in [9.17, 15) is 4.79 Å². The zero-order valence-corrected chi connectivity index (χ0v) is 9.80. The summed E-state index contributed by atoms with van der Waals surface area (Å²) in [6.07, 6.45) is 4.87. The van der Waals surface area contributed by atoms with Gasteiger partial charge in [-0.25, -0.2) is 0 Å². The fourth-order valence-corrected chi connectivity index (χ4v) is 1.32. The van der Waals surface area contributed by atoms with E-state index in [-0.39, 0.29) is 11.9 Å². The molecule has 0 radical (unpaired) electrons. The molecule has 82 valence electrons. The van der Waals surface area contributed by atoms with Gasteiger partial charge in [0.2, 0.25) is 0 Å². The first-order valence-electron chi connectivity index (χ1n) is 5.41. The Hall–Kier alpha value is -0.790. The van der Waals surface area contributed by atoms with Crippen molar-refractivity contribution in [2.75, 3.05) is 6.61 Å². The molecule has 0 amide bonds. The van der Waals surface area contributed by atoms with Crippen LogP contribution in [-0.4, -0.2) is 12.6 Å². The SMILES string of the molecule is CCCC(CC=C(C)C)C(=O)OCC. The van der Waals surface area contributed by atoms with E-state index >= 15 is 0 Å². The van der Waals surface area contributed by atoms with Crippen molar-refractivity contribution in [3.05, 3.63) is 11.6 Å². The van der Waals surface area contributed by atoms with Crippen LogP contribution in [0.15, 0.2) is 11.6 Å². The summed E-state index contributed by atoms with van der Waals surface area (Å²) in [4.78, 5) is 11.5. The molecule has 1 unspecified atom stereocenters. The van der Waals surface area contributed by atoms with Gasteiger partial charge >= 0.3 is 5.97 Å². The number of hydrogen-bond acceptors (Lipinski definition) is 2. The average molecular weight is 198 g/mol. The van der Waals surface area contributed by atoms with Crippen LogP contribution in [0.3, 0.4) is 0 Å². The van der Waals surface area contributed by atoms with Gasteiger partial charge in [-0.3, -0.25) is 4.79 Å². The molecule has 0 fully saturated rings. The summed E-state index contributed by atoms with van der Waals surface area (Å²) < 4.78 is 5.02. The van der Waals surface area contributed by atoms with Crippen molar-refractivity contribution in [1.29, 1.82) is 0 Å². The van der Waals surface area contributed by atoms with E-state index in [0.29, 0.717) is 6.61 Å². The first-order valence-corrected chi connectivity index (χ1v) is 5.41. The lowest BCUT2D eigenvalue weighted by Gasteiger charge is -2.12. The molecule has 0 aromatic heterocycles. The summed E-state index contributed by atoms with van der Waals surface area (Å²) in [7, 11) is 0. The minimum Gasteiger partial charge on any atom is -0.466 e. The number of ether oxygens (including phenoxy) is 1. The molecule has 0 bridgehead atoms. The monoisotopic (exact) mass is 198 g/mol. The van der Waals surface area contributed by atoms with Crippen LogP contribution in [0.25, 0.3) is 0 Å². The predicted octanol–water partition coefficient (Wildman–Crippen LogP) is 3.32. The van der Waals surface area contributed by atoms with Crippen molar-refractivity contribution in [2.45, 2.75) is 47.0 Å². The standard InChI is InChI=1S/C12H22O2/c1-5-7-11(9-8-10(3)4)12(13)14-6-2/h8,11H,5-7,9H2,1-4H3. The molecule has 0 saturated carbocycles. The molecule has 2 nitrogen and oxygen atoms in total. The Balaban J connectivity index is 4.13. The van der Waals surface area contributed by atoms with Gasteiger partial charge in [0.1, 0.15) is 0 Å². The maximum Gasteiger partial charge on any atom is 0.309 e. The molecular weight excluding hydrogens is 176 g/mol. The van der Waals surface area contributed by atoms with Gasteiger partial charge in [-0.05, 0) is 33.6 Å². The molecule has 0 spiro atoms. The molecule has 0 aliphatic heterocycles. The molecule has 0 N–H and O–H groups in total. The Kier molecular flexibility index (Phi) is 7.17. The topological polar surface area (TPSA) is 26.3 Å². The van der Waals surface area contributed by atoms with Gasteiger partial charge in [0.25, 0.3) is 0 Å². The van der Waals surface area contributed by atoms with E-state index < -0.39 is 0 Å². The Morgan fingerprint density at radius 1 is 1.36 bits per heavy atom. The number of hydrogen-bond donors (Lipinski definition) is 0. The number of carbonyl (C=O) groups is 1. The quantitative estimate of drug-likeness (QED) is 0.483. The number of rotatable bonds is 6. The molecule has 0 aromatic carbocycles. The highest BCUT2D eigenvalue weighted by molar-refractivity contribution is 5.72. The van der Waals surface area contributed by atoms with E-state index in [1.165, 1.54) is 5.57 Å². The third-order valence-corrected chi connectivity index (χ3v) is 2.07. The van der Waals surface area contributed by atoms with Crippen LogP contribution < -0.4 is 0 Å². The Bertz CT molecular complexity index is 190. The molecule has 1 atom stereocenters. The van der Waals surface area contributed by atoms with Crippen LogP contribution in [0.2, 0.25) is 0 Å². The maximum atomic E-state index is 11.5. The molecule has 0 aromatic rings. The van der Waals surface area contributed by atoms with Crippen molar-refractivity contribution >= 4 is 5.97 Å². The highest BCUT2D eigenvalue weighted by Gasteiger charge is 2.16. The van der Waals surface area contributed by atoms with E-state index in [0.717, 1.165) is 19.3 Å². The van der Waals surface area contributed by atoms with Gasteiger partial charge in [-0.2, -0.15) is 0 Å². The lowest BCUT2D eigenvalue weighted by atomic mass is 9.99. The summed E-state index contributed by atoms with van der Waals surface area (Å²) in [5.41, 5.74) is 1.26. The maximum absolute atomic E-state index is 11.5. The molecule has 0 heterocycles. The van der Waals surface area contributed by atoms with Crippen molar-refractivity contribution < 1.29 is 9.53 Å². The fraction of sp³-hybridized carbons (Fsp3) is 0.750. The molecule has 0 aliphatic carbocycles. The summed E-state index contributed by atoms with van der Waals surface area (Å²) in [6.45, 7) is 8.52. The molecule has 0 saturated heterocycles. The third kappa shape index (κ3) is 5.79. The largest absolute Gasteiger partial charge is 0.466 e. The molecule has 2 heteroatoms. The second-order valence-corrected chi connectivity index (χ2v) is 3.75. The number of carbonyl (C=O) groups excluding carboxylic acids is 1.